The molecule has 0 amide bonds. The Hall–Kier alpha value is -2.17. The number of halogens is 3. The summed E-state index contributed by atoms with van der Waals surface area (Å²) in [6.07, 6.45) is -4.62. The molecule has 3 rings (SSSR count). The lowest BCUT2D eigenvalue weighted by molar-refractivity contribution is -0.384. The van der Waals surface area contributed by atoms with Crippen LogP contribution in [0.25, 0.3) is 0 Å². The molecule has 1 fully saturated rings. The molecule has 0 aliphatic carbocycles. The van der Waals surface area contributed by atoms with Gasteiger partial charge < -0.3 is 10.2 Å². The Morgan fingerprint density at radius 1 is 1.25 bits per heavy atom. The van der Waals surface area contributed by atoms with Crippen molar-refractivity contribution in [2.45, 2.75) is 12.2 Å². The summed E-state index contributed by atoms with van der Waals surface area (Å²) in [4.78, 5) is 16.2. The number of hydrogen-bond donors (Lipinski definition) is 1. The summed E-state index contributed by atoms with van der Waals surface area (Å²) >= 11 is 1.60. The van der Waals surface area contributed by atoms with Crippen molar-refractivity contribution in [1.82, 2.24) is 9.80 Å². The molecule has 1 aromatic heterocycles. The molecule has 0 saturated carbocycles. The van der Waals surface area contributed by atoms with Gasteiger partial charge in [0.15, 0.2) is 0 Å². The topological polar surface area (TPSA) is 61.6 Å². The molecule has 1 aliphatic rings. The molecule has 0 radical (unpaired) electrons. The van der Waals surface area contributed by atoms with Crippen LogP contribution in [0.15, 0.2) is 35.7 Å². The number of anilines is 1. The standard InChI is InChI=1S/C18H21F3N4O2S/c1-23-6-8-24(9-7-23)16(17-3-2-10-28-17)12-22-14-5-4-13(18(19,20)21)11-15(14)25(26)27/h2-5,10-11,16,22H,6-9,12H2,1H3. The van der Waals surface area contributed by atoms with Crippen molar-refractivity contribution < 1.29 is 18.1 Å². The van der Waals surface area contributed by atoms with Crippen molar-refractivity contribution in [3.8, 4) is 0 Å². The van der Waals surface area contributed by atoms with Crippen LogP contribution in [0.4, 0.5) is 24.5 Å². The van der Waals surface area contributed by atoms with Crippen molar-refractivity contribution in [1.29, 1.82) is 0 Å². The van der Waals surface area contributed by atoms with Crippen molar-refractivity contribution in [2.75, 3.05) is 45.1 Å². The largest absolute Gasteiger partial charge is 0.416 e. The Morgan fingerprint density at radius 2 is 1.96 bits per heavy atom. The van der Waals surface area contributed by atoms with Crippen LogP contribution in [0.5, 0.6) is 0 Å². The predicted octanol–water partition coefficient (Wildman–Crippen LogP) is 4.08. The molecule has 1 aromatic carbocycles. The average molecular weight is 414 g/mol. The van der Waals surface area contributed by atoms with Gasteiger partial charge in [0.1, 0.15) is 5.69 Å². The minimum atomic E-state index is -4.62. The number of hydrogen-bond acceptors (Lipinski definition) is 6. The molecule has 28 heavy (non-hydrogen) atoms. The first-order chi connectivity index (χ1) is 13.3. The third kappa shape index (κ3) is 4.81. The van der Waals surface area contributed by atoms with Crippen LogP contribution in [-0.2, 0) is 6.18 Å². The van der Waals surface area contributed by atoms with Crippen LogP contribution in [0.1, 0.15) is 16.5 Å². The Bertz CT molecular complexity index is 806. The smallest absolute Gasteiger partial charge is 0.378 e. The molecule has 10 heteroatoms. The van der Waals surface area contributed by atoms with Crippen molar-refractivity contribution in [2.24, 2.45) is 0 Å². The highest BCUT2D eigenvalue weighted by Gasteiger charge is 2.33. The number of thiophene rings is 1. The zero-order valence-electron chi connectivity index (χ0n) is 15.3. The first-order valence-corrected chi connectivity index (χ1v) is 9.69. The summed E-state index contributed by atoms with van der Waals surface area (Å²) in [5.74, 6) is 0. The summed E-state index contributed by atoms with van der Waals surface area (Å²) in [6.45, 7) is 3.92. The number of nitro benzene ring substituents is 1. The predicted molar refractivity (Wildman–Crippen MR) is 103 cm³/mol. The monoisotopic (exact) mass is 414 g/mol. The number of nitro groups is 1. The van der Waals surface area contributed by atoms with Gasteiger partial charge in [0.05, 0.1) is 16.5 Å². The molecule has 1 saturated heterocycles. The number of nitrogens with one attached hydrogen (secondary N) is 1. The molecule has 2 heterocycles. The van der Waals surface area contributed by atoms with Crippen molar-refractivity contribution >= 4 is 22.7 Å². The van der Waals surface area contributed by atoms with E-state index in [4.69, 9.17) is 0 Å². The SMILES string of the molecule is CN1CCN(C(CNc2ccc(C(F)(F)F)cc2[N+](=O)[O-])c2cccs2)CC1. The number of alkyl halides is 3. The van der Waals surface area contributed by atoms with Crippen molar-refractivity contribution in [3.63, 3.8) is 0 Å². The zero-order valence-corrected chi connectivity index (χ0v) is 16.1. The molecule has 6 nitrogen and oxygen atoms in total. The summed E-state index contributed by atoms with van der Waals surface area (Å²) in [5.41, 5.74) is -1.51. The summed E-state index contributed by atoms with van der Waals surface area (Å²) < 4.78 is 38.7. The van der Waals surface area contributed by atoms with Gasteiger partial charge in [0.25, 0.3) is 5.69 Å². The fraction of sp³-hybridized carbons (Fsp3) is 0.444. The van der Waals surface area contributed by atoms with Crippen LogP contribution < -0.4 is 5.32 Å². The van der Waals surface area contributed by atoms with Crippen molar-refractivity contribution in [3.05, 3.63) is 56.3 Å². The van der Waals surface area contributed by atoms with E-state index in [0.29, 0.717) is 12.6 Å². The van der Waals surface area contributed by atoms with Gasteiger partial charge in [-0.3, -0.25) is 15.0 Å². The van der Waals surface area contributed by atoms with Gasteiger partial charge in [-0.25, -0.2) is 0 Å². The lowest BCUT2D eigenvalue weighted by Gasteiger charge is -2.37. The quantitative estimate of drug-likeness (QED) is 0.570. The molecule has 152 valence electrons. The minimum absolute atomic E-state index is 0.00408. The van der Waals surface area contributed by atoms with Gasteiger partial charge >= 0.3 is 6.18 Å². The van der Waals surface area contributed by atoms with Gasteiger partial charge in [-0.2, -0.15) is 13.2 Å². The number of nitrogens with zero attached hydrogens (tertiary/aromatic N) is 3. The third-order valence-corrected chi connectivity index (χ3v) is 5.83. The molecule has 0 bridgehead atoms. The summed E-state index contributed by atoms with van der Waals surface area (Å²) in [7, 11) is 2.06. The lowest BCUT2D eigenvalue weighted by Crippen LogP contribution is -2.47. The van der Waals surface area contributed by atoms with E-state index in [-0.39, 0.29) is 11.7 Å². The Balaban J connectivity index is 1.80. The summed E-state index contributed by atoms with van der Waals surface area (Å²) in [5, 5.41) is 16.3. The fourth-order valence-electron chi connectivity index (χ4n) is 3.24. The molecule has 1 N–H and O–H groups in total. The Labute approximate surface area is 164 Å². The second-order valence-electron chi connectivity index (χ2n) is 6.74. The molecule has 0 spiro atoms. The summed E-state index contributed by atoms with van der Waals surface area (Å²) in [6, 6.07) is 6.54. The maximum atomic E-state index is 12.9. The van der Waals surface area contributed by atoms with Gasteiger partial charge in [-0.15, -0.1) is 11.3 Å². The molecule has 1 atom stereocenters. The van der Waals surface area contributed by atoms with Gasteiger partial charge in [0, 0.05) is 43.7 Å². The maximum absolute atomic E-state index is 12.9. The first kappa shape index (κ1) is 20.6. The van der Waals surface area contributed by atoms with E-state index in [1.54, 1.807) is 11.3 Å². The highest BCUT2D eigenvalue weighted by Crippen LogP contribution is 2.35. The van der Waals surface area contributed by atoms with E-state index in [1.807, 2.05) is 17.5 Å². The van der Waals surface area contributed by atoms with Gasteiger partial charge in [-0.05, 0) is 30.6 Å². The van der Waals surface area contributed by atoms with Crippen LogP contribution in [0.2, 0.25) is 0 Å². The minimum Gasteiger partial charge on any atom is -0.378 e. The fourth-order valence-corrected chi connectivity index (χ4v) is 4.10. The molecular formula is C18H21F3N4O2S. The van der Waals surface area contributed by atoms with Crippen LogP contribution >= 0.6 is 11.3 Å². The van der Waals surface area contributed by atoms with E-state index in [0.717, 1.165) is 43.2 Å². The molecular weight excluding hydrogens is 393 g/mol. The number of piperazine rings is 1. The van der Waals surface area contributed by atoms with Crippen LogP contribution in [0.3, 0.4) is 0 Å². The second-order valence-corrected chi connectivity index (χ2v) is 7.72. The van der Waals surface area contributed by atoms with E-state index >= 15 is 0 Å². The third-order valence-electron chi connectivity index (χ3n) is 4.86. The molecule has 2 aromatic rings. The second kappa shape index (κ2) is 8.46. The van der Waals surface area contributed by atoms with E-state index in [2.05, 4.69) is 22.2 Å². The average Bonchev–Trinajstić information content (AvgIpc) is 3.17. The highest BCUT2D eigenvalue weighted by atomic mass is 32.1. The Kier molecular flexibility index (Phi) is 6.21. The normalized spacial score (nSPS) is 17.4. The molecule has 1 unspecified atom stereocenters. The van der Waals surface area contributed by atoms with E-state index < -0.39 is 22.4 Å². The first-order valence-electron chi connectivity index (χ1n) is 8.81. The van der Waals surface area contributed by atoms with E-state index in [1.165, 1.54) is 0 Å². The number of benzene rings is 1. The zero-order chi connectivity index (χ0) is 20.3. The lowest BCUT2D eigenvalue weighted by atomic mass is 10.1. The van der Waals surface area contributed by atoms with Crippen LogP contribution in [0, 0.1) is 10.1 Å². The van der Waals surface area contributed by atoms with E-state index in [9.17, 15) is 23.3 Å². The highest BCUT2D eigenvalue weighted by molar-refractivity contribution is 7.10. The maximum Gasteiger partial charge on any atom is 0.416 e. The van der Waals surface area contributed by atoms with Gasteiger partial charge in [-0.1, -0.05) is 6.07 Å². The number of rotatable bonds is 6. The number of likely N-dealkylation sites (N-methyl/N-ethyl adjacent to an activating group) is 1. The van der Waals surface area contributed by atoms with Gasteiger partial charge in [0.2, 0.25) is 0 Å². The Morgan fingerprint density at radius 3 is 2.54 bits per heavy atom. The molecule has 1 aliphatic heterocycles. The van der Waals surface area contributed by atoms with Crippen LogP contribution in [-0.4, -0.2) is 54.5 Å².